The minimum atomic E-state index is -0.953. The second kappa shape index (κ2) is 3.33. The first-order valence-electron chi connectivity index (χ1n) is 4.10. The number of carbonyl (C=O) groups is 1. The zero-order chi connectivity index (χ0) is 9.97. The molecule has 4 heteroatoms. The second-order valence-electron chi connectivity index (χ2n) is 2.83. The summed E-state index contributed by atoms with van der Waals surface area (Å²) in [7, 11) is 0. The van der Waals surface area contributed by atoms with Crippen LogP contribution in [0.25, 0.3) is 11.3 Å². The summed E-state index contributed by atoms with van der Waals surface area (Å²) < 4.78 is 0. The quantitative estimate of drug-likeness (QED) is 0.754. The predicted octanol–water partition coefficient (Wildman–Crippen LogP) is 1.77. The molecule has 14 heavy (non-hydrogen) atoms. The van der Waals surface area contributed by atoms with Gasteiger partial charge in [-0.05, 0) is 24.3 Å². The molecule has 4 nitrogen and oxygen atoms in total. The van der Waals surface area contributed by atoms with Crippen LogP contribution in [0.1, 0.15) is 10.5 Å². The molecule has 0 spiro atoms. The average Bonchev–Trinajstić information content (AvgIpc) is 2.68. The van der Waals surface area contributed by atoms with Crippen molar-refractivity contribution < 1.29 is 9.90 Å². The van der Waals surface area contributed by atoms with E-state index in [1.807, 2.05) is 12.1 Å². The first-order chi connectivity index (χ1) is 6.77. The standard InChI is InChI=1S/C10H8N2O2/c13-10(14)9-2-1-8(12-9)7-3-5-11-6-4-7/h1-6,12H,(H,13,14). The fraction of sp³-hybridized carbons (Fsp3) is 0. The van der Waals surface area contributed by atoms with Crippen molar-refractivity contribution in [1.29, 1.82) is 0 Å². The lowest BCUT2D eigenvalue weighted by Gasteiger charge is -1.95. The van der Waals surface area contributed by atoms with Gasteiger partial charge in [0.1, 0.15) is 5.69 Å². The number of H-pyrrole nitrogens is 1. The first-order valence-corrected chi connectivity index (χ1v) is 4.10. The number of rotatable bonds is 2. The molecule has 0 saturated heterocycles. The molecule has 0 aromatic carbocycles. The Kier molecular flexibility index (Phi) is 2.02. The van der Waals surface area contributed by atoms with Crippen molar-refractivity contribution in [2.24, 2.45) is 0 Å². The SMILES string of the molecule is O=C(O)c1ccc(-c2ccncc2)[nH]1. The monoisotopic (exact) mass is 188 g/mol. The highest BCUT2D eigenvalue weighted by Crippen LogP contribution is 2.16. The number of aromatic carboxylic acids is 1. The number of nitrogens with zero attached hydrogens (tertiary/aromatic N) is 1. The first kappa shape index (κ1) is 8.50. The number of hydrogen-bond donors (Lipinski definition) is 2. The Morgan fingerprint density at radius 2 is 1.93 bits per heavy atom. The Hall–Kier alpha value is -2.10. The number of carboxylic acids is 1. The molecule has 0 amide bonds. The molecule has 0 atom stereocenters. The van der Waals surface area contributed by atoms with Gasteiger partial charge in [-0.2, -0.15) is 0 Å². The number of nitrogens with one attached hydrogen (secondary N) is 1. The molecule has 2 aromatic heterocycles. The normalized spacial score (nSPS) is 10.0. The summed E-state index contributed by atoms with van der Waals surface area (Å²) in [6.07, 6.45) is 3.33. The van der Waals surface area contributed by atoms with Gasteiger partial charge in [-0.3, -0.25) is 4.98 Å². The van der Waals surface area contributed by atoms with Crippen molar-refractivity contribution in [3.63, 3.8) is 0 Å². The molecule has 0 unspecified atom stereocenters. The van der Waals surface area contributed by atoms with Gasteiger partial charge in [-0.25, -0.2) is 4.79 Å². The summed E-state index contributed by atoms with van der Waals surface area (Å²) in [5.74, 6) is -0.953. The van der Waals surface area contributed by atoms with Crippen molar-refractivity contribution in [2.45, 2.75) is 0 Å². The van der Waals surface area contributed by atoms with Gasteiger partial charge in [0.2, 0.25) is 0 Å². The fourth-order valence-electron chi connectivity index (χ4n) is 1.22. The van der Waals surface area contributed by atoms with E-state index in [4.69, 9.17) is 5.11 Å². The molecule has 0 bridgehead atoms. The minimum Gasteiger partial charge on any atom is -0.477 e. The van der Waals surface area contributed by atoms with Crippen LogP contribution in [0.4, 0.5) is 0 Å². The van der Waals surface area contributed by atoms with Crippen molar-refractivity contribution in [1.82, 2.24) is 9.97 Å². The van der Waals surface area contributed by atoms with Crippen LogP contribution in [0, 0.1) is 0 Å². The molecule has 0 fully saturated rings. The van der Waals surface area contributed by atoms with Crippen molar-refractivity contribution in [3.05, 3.63) is 42.4 Å². The largest absolute Gasteiger partial charge is 0.477 e. The van der Waals surface area contributed by atoms with Crippen LogP contribution in [0.5, 0.6) is 0 Å². The van der Waals surface area contributed by atoms with E-state index in [0.29, 0.717) is 0 Å². The maximum absolute atomic E-state index is 10.6. The smallest absolute Gasteiger partial charge is 0.352 e. The van der Waals surface area contributed by atoms with E-state index >= 15 is 0 Å². The fourth-order valence-corrected chi connectivity index (χ4v) is 1.22. The third-order valence-electron chi connectivity index (χ3n) is 1.91. The Labute approximate surface area is 80.2 Å². The van der Waals surface area contributed by atoms with Crippen LogP contribution >= 0.6 is 0 Å². The molecular weight excluding hydrogens is 180 g/mol. The van der Waals surface area contributed by atoms with E-state index in [0.717, 1.165) is 11.3 Å². The Morgan fingerprint density at radius 3 is 2.50 bits per heavy atom. The number of aromatic nitrogens is 2. The van der Waals surface area contributed by atoms with Gasteiger partial charge < -0.3 is 10.1 Å². The van der Waals surface area contributed by atoms with Crippen molar-refractivity contribution in [3.8, 4) is 11.3 Å². The van der Waals surface area contributed by atoms with Gasteiger partial charge in [0, 0.05) is 23.7 Å². The molecule has 0 aliphatic heterocycles. The van der Waals surface area contributed by atoms with Gasteiger partial charge in [-0.15, -0.1) is 0 Å². The Balaban J connectivity index is 2.39. The summed E-state index contributed by atoms with van der Waals surface area (Å²) in [6.45, 7) is 0. The Bertz CT molecular complexity index is 448. The molecule has 0 saturated carbocycles. The minimum absolute atomic E-state index is 0.191. The second-order valence-corrected chi connectivity index (χ2v) is 2.83. The van der Waals surface area contributed by atoms with Crippen LogP contribution in [0.15, 0.2) is 36.7 Å². The molecule has 0 radical (unpaired) electrons. The van der Waals surface area contributed by atoms with Gasteiger partial charge in [0.25, 0.3) is 0 Å². The summed E-state index contributed by atoms with van der Waals surface area (Å²) in [5, 5.41) is 8.70. The zero-order valence-electron chi connectivity index (χ0n) is 7.27. The maximum atomic E-state index is 10.6. The lowest BCUT2D eigenvalue weighted by atomic mass is 10.2. The highest BCUT2D eigenvalue weighted by molar-refractivity contribution is 5.86. The molecule has 2 heterocycles. The third-order valence-corrected chi connectivity index (χ3v) is 1.91. The van der Waals surface area contributed by atoms with E-state index in [9.17, 15) is 4.79 Å². The molecule has 0 aliphatic rings. The summed E-state index contributed by atoms with van der Waals surface area (Å²) in [4.78, 5) is 17.3. The number of pyridine rings is 1. The van der Waals surface area contributed by atoms with Gasteiger partial charge in [0.05, 0.1) is 0 Å². The van der Waals surface area contributed by atoms with Crippen LogP contribution in [0.3, 0.4) is 0 Å². The molecule has 2 aromatic rings. The summed E-state index contributed by atoms with van der Waals surface area (Å²) in [5.41, 5.74) is 1.90. The highest BCUT2D eigenvalue weighted by atomic mass is 16.4. The van der Waals surface area contributed by atoms with E-state index in [1.165, 1.54) is 6.07 Å². The lowest BCUT2D eigenvalue weighted by molar-refractivity contribution is 0.0691. The predicted molar refractivity (Wildman–Crippen MR) is 51.0 cm³/mol. The van der Waals surface area contributed by atoms with Gasteiger partial charge >= 0.3 is 5.97 Å². The molecule has 0 aliphatic carbocycles. The highest BCUT2D eigenvalue weighted by Gasteiger charge is 2.06. The number of hydrogen-bond acceptors (Lipinski definition) is 2. The van der Waals surface area contributed by atoms with Crippen LogP contribution in [-0.4, -0.2) is 21.0 Å². The molecular formula is C10H8N2O2. The van der Waals surface area contributed by atoms with E-state index < -0.39 is 5.97 Å². The van der Waals surface area contributed by atoms with Crippen molar-refractivity contribution >= 4 is 5.97 Å². The van der Waals surface area contributed by atoms with E-state index in [1.54, 1.807) is 18.5 Å². The van der Waals surface area contributed by atoms with Crippen LogP contribution in [-0.2, 0) is 0 Å². The van der Waals surface area contributed by atoms with E-state index in [2.05, 4.69) is 9.97 Å². The van der Waals surface area contributed by atoms with Crippen molar-refractivity contribution in [2.75, 3.05) is 0 Å². The summed E-state index contributed by atoms with van der Waals surface area (Å²) in [6, 6.07) is 6.91. The zero-order valence-corrected chi connectivity index (χ0v) is 7.27. The third kappa shape index (κ3) is 1.50. The lowest BCUT2D eigenvalue weighted by Crippen LogP contribution is -1.95. The van der Waals surface area contributed by atoms with Crippen LogP contribution in [0.2, 0.25) is 0 Å². The van der Waals surface area contributed by atoms with Gasteiger partial charge in [0.15, 0.2) is 0 Å². The average molecular weight is 188 g/mol. The van der Waals surface area contributed by atoms with Crippen LogP contribution < -0.4 is 0 Å². The number of aromatic amines is 1. The van der Waals surface area contributed by atoms with E-state index in [-0.39, 0.29) is 5.69 Å². The molecule has 2 rings (SSSR count). The topological polar surface area (TPSA) is 66.0 Å². The molecule has 70 valence electrons. The number of carboxylic acid groups (broad SMARTS) is 1. The Morgan fingerprint density at radius 1 is 1.21 bits per heavy atom. The van der Waals surface area contributed by atoms with Gasteiger partial charge in [-0.1, -0.05) is 0 Å². The maximum Gasteiger partial charge on any atom is 0.352 e. The summed E-state index contributed by atoms with van der Waals surface area (Å²) >= 11 is 0. The molecule has 2 N–H and O–H groups in total.